The Kier molecular flexibility index (Phi) is 2.63. The first-order valence-electron chi connectivity index (χ1n) is 4.91. The molecule has 2 aliphatic rings. The van der Waals surface area contributed by atoms with Gasteiger partial charge in [0.05, 0.1) is 17.8 Å². The number of rotatable bonds is 1. The summed E-state index contributed by atoms with van der Waals surface area (Å²) < 4.78 is 105. The van der Waals surface area contributed by atoms with Gasteiger partial charge in [-0.2, -0.15) is 35.1 Å². The topological polar surface area (TPSA) is 12.4 Å². The Balaban J connectivity index is 2.68. The normalized spacial score (nSPS) is 29.9. The number of hydrogen-bond donors (Lipinski definition) is 0. The van der Waals surface area contributed by atoms with Crippen LogP contribution >= 0.6 is 0 Å². The molecule has 0 aromatic heterocycles. The highest BCUT2D eigenvalue weighted by atomic mass is 19.4. The van der Waals surface area contributed by atoms with Crippen LogP contribution in [-0.4, -0.2) is 35.9 Å². The Morgan fingerprint density at radius 2 is 1.47 bits per heavy atom. The number of hydrogen-bond acceptors (Lipinski definition) is 1. The van der Waals surface area contributed by atoms with Gasteiger partial charge in [0.1, 0.15) is 0 Å². The van der Waals surface area contributed by atoms with Crippen molar-refractivity contribution in [2.45, 2.75) is 23.7 Å². The van der Waals surface area contributed by atoms with Crippen LogP contribution in [0, 0.1) is 0 Å². The van der Waals surface area contributed by atoms with E-state index in [4.69, 9.17) is 0 Å². The minimum absolute atomic E-state index is 0.170. The standard InChI is InChI=1S/C10H5F8N/c11-7(12)4-5(6-2-1-3-19-6)8(13,14)10(17,18)9(7,15)16/h1-2,4H,3H2. The molecule has 0 spiro atoms. The van der Waals surface area contributed by atoms with E-state index in [0.29, 0.717) is 0 Å². The zero-order valence-corrected chi connectivity index (χ0v) is 8.91. The van der Waals surface area contributed by atoms with Crippen molar-refractivity contribution in [3.8, 4) is 0 Å². The molecule has 0 saturated carbocycles. The van der Waals surface area contributed by atoms with E-state index in [1.54, 1.807) is 0 Å². The van der Waals surface area contributed by atoms with Gasteiger partial charge < -0.3 is 0 Å². The first-order valence-corrected chi connectivity index (χ1v) is 4.91. The van der Waals surface area contributed by atoms with Crippen molar-refractivity contribution >= 4 is 5.71 Å². The van der Waals surface area contributed by atoms with E-state index < -0.39 is 41.1 Å². The smallest absolute Gasteiger partial charge is 0.281 e. The lowest BCUT2D eigenvalue weighted by atomic mass is 9.84. The Labute approximate surface area is 101 Å². The third kappa shape index (κ3) is 1.56. The van der Waals surface area contributed by atoms with E-state index in [-0.39, 0.29) is 6.54 Å². The van der Waals surface area contributed by atoms with Crippen LogP contribution in [0.3, 0.4) is 0 Å². The Hall–Kier alpha value is -1.41. The molecule has 1 heterocycles. The lowest BCUT2D eigenvalue weighted by Crippen LogP contribution is -2.66. The minimum Gasteiger partial charge on any atom is -0.281 e. The number of halogens is 8. The van der Waals surface area contributed by atoms with Gasteiger partial charge >= 0.3 is 23.7 Å². The van der Waals surface area contributed by atoms with Crippen molar-refractivity contribution < 1.29 is 35.1 Å². The zero-order chi connectivity index (χ0) is 14.7. The van der Waals surface area contributed by atoms with Gasteiger partial charge in [-0.15, -0.1) is 0 Å². The van der Waals surface area contributed by atoms with Crippen LogP contribution in [0.5, 0.6) is 0 Å². The van der Waals surface area contributed by atoms with Crippen molar-refractivity contribution in [3.63, 3.8) is 0 Å². The second kappa shape index (κ2) is 3.57. The number of alkyl halides is 8. The van der Waals surface area contributed by atoms with Crippen LogP contribution in [0.2, 0.25) is 0 Å². The van der Waals surface area contributed by atoms with Gasteiger partial charge in [-0.1, -0.05) is 6.08 Å². The summed E-state index contributed by atoms with van der Waals surface area (Å²) in [4.78, 5) is 3.28. The third-order valence-corrected chi connectivity index (χ3v) is 2.79. The Bertz CT molecular complexity index is 500. The zero-order valence-electron chi connectivity index (χ0n) is 8.91. The monoisotopic (exact) mass is 291 g/mol. The molecule has 1 aliphatic heterocycles. The molecule has 0 fully saturated rings. The van der Waals surface area contributed by atoms with Gasteiger partial charge in [0.15, 0.2) is 0 Å². The molecule has 0 bridgehead atoms. The van der Waals surface area contributed by atoms with Gasteiger partial charge in [0.2, 0.25) is 0 Å². The lowest BCUT2D eigenvalue weighted by molar-refractivity contribution is -0.354. The average molecular weight is 291 g/mol. The van der Waals surface area contributed by atoms with Crippen LogP contribution in [0.15, 0.2) is 28.8 Å². The van der Waals surface area contributed by atoms with Gasteiger partial charge in [-0.05, 0) is 6.08 Å². The van der Waals surface area contributed by atoms with Gasteiger partial charge in [-0.25, -0.2) is 0 Å². The first-order chi connectivity index (χ1) is 8.45. The lowest BCUT2D eigenvalue weighted by Gasteiger charge is -2.40. The maximum absolute atomic E-state index is 13.4. The molecule has 0 unspecified atom stereocenters. The van der Waals surface area contributed by atoms with E-state index in [9.17, 15) is 35.1 Å². The number of aliphatic imine (C=N–C) groups is 1. The minimum atomic E-state index is -6.22. The van der Waals surface area contributed by atoms with Crippen molar-refractivity contribution in [1.82, 2.24) is 0 Å². The quantitative estimate of drug-likeness (QED) is 0.656. The summed E-state index contributed by atoms with van der Waals surface area (Å²) in [5.74, 6) is -23.2. The molecule has 0 aromatic carbocycles. The number of nitrogens with zero attached hydrogens (tertiary/aromatic N) is 1. The van der Waals surface area contributed by atoms with Gasteiger partial charge in [0, 0.05) is 6.08 Å². The summed E-state index contributed by atoms with van der Waals surface area (Å²) in [6, 6.07) is 0. The highest BCUT2D eigenvalue weighted by Crippen LogP contribution is 2.59. The molecule has 0 radical (unpaired) electrons. The van der Waals surface area contributed by atoms with Crippen molar-refractivity contribution in [2.75, 3.05) is 6.54 Å². The second-order valence-corrected chi connectivity index (χ2v) is 4.03. The van der Waals surface area contributed by atoms with E-state index in [2.05, 4.69) is 4.99 Å². The molecular weight excluding hydrogens is 286 g/mol. The largest absolute Gasteiger partial charge is 0.382 e. The summed E-state index contributed by atoms with van der Waals surface area (Å²) in [5, 5.41) is 0. The molecule has 1 nitrogen and oxygen atoms in total. The average Bonchev–Trinajstić information content (AvgIpc) is 2.76. The van der Waals surface area contributed by atoms with Crippen molar-refractivity contribution in [1.29, 1.82) is 0 Å². The summed E-state index contributed by atoms with van der Waals surface area (Å²) in [5.41, 5.74) is -2.73. The van der Waals surface area contributed by atoms with E-state index in [1.807, 2.05) is 0 Å². The Morgan fingerprint density at radius 3 is 1.95 bits per heavy atom. The molecule has 0 amide bonds. The first kappa shape index (κ1) is 14.0. The fourth-order valence-electron chi connectivity index (χ4n) is 1.72. The highest BCUT2D eigenvalue weighted by Gasteiger charge is 2.83. The molecule has 0 atom stereocenters. The second-order valence-electron chi connectivity index (χ2n) is 4.03. The van der Waals surface area contributed by atoms with E-state index in [1.165, 1.54) is 0 Å². The molecule has 106 valence electrons. The van der Waals surface area contributed by atoms with Crippen molar-refractivity contribution in [3.05, 3.63) is 23.8 Å². The molecular formula is C10H5F8N. The molecule has 1 aliphatic carbocycles. The molecule has 0 saturated heterocycles. The van der Waals surface area contributed by atoms with E-state index >= 15 is 0 Å². The van der Waals surface area contributed by atoms with Gasteiger partial charge in [0.25, 0.3) is 0 Å². The fraction of sp³-hybridized carbons (Fsp3) is 0.500. The maximum Gasteiger partial charge on any atom is 0.382 e. The summed E-state index contributed by atoms with van der Waals surface area (Å²) in [7, 11) is 0. The van der Waals surface area contributed by atoms with Crippen molar-refractivity contribution in [2.24, 2.45) is 4.99 Å². The predicted octanol–water partition coefficient (Wildman–Crippen LogP) is 3.48. The predicted molar refractivity (Wildman–Crippen MR) is 49.3 cm³/mol. The molecule has 0 N–H and O–H groups in total. The fourth-order valence-corrected chi connectivity index (χ4v) is 1.72. The number of allylic oxidation sites excluding steroid dienone is 3. The summed E-state index contributed by atoms with van der Waals surface area (Å²) in [6.45, 7) is -0.170. The molecule has 9 heteroatoms. The summed E-state index contributed by atoms with van der Waals surface area (Å²) in [6.07, 6.45) is 1.11. The van der Waals surface area contributed by atoms with Crippen LogP contribution in [0.1, 0.15) is 0 Å². The Morgan fingerprint density at radius 1 is 0.895 bits per heavy atom. The van der Waals surface area contributed by atoms with Crippen LogP contribution in [0.25, 0.3) is 0 Å². The molecule has 0 aromatic rings. The molecule has 19 heavy (non-hydrogen) atoms. The van der Waals surface area contributed by atoms with Gasteiger partial charge in [-0.3, -0.25) is 4.99 Å². The van der Waals surface area contributed by atoms with Crippen LogP contribution < -0.4 is 0 Å². The molecule has 2 rings (SSSR count). The summed E-state index contributed by atoms with van der Waals surface area (Å²) >= 11 is 0. The highest BCUT2D eigenvalue weighted by molar-refractivity contribution is 6.11. The SMILES string of the molecule is FC1(F)C=C(C2=NCC=C2)C(F)(F)C(F)(F)C1(F)F. The van der Waals surface area contributed by atoms with E-state index in [0.717, 1.165) is 12.2 Å². The third-order valence-electron chi connectivity index (χ3n) is 2.79. The van der Waals surface area contributed by atoms with Crippen LogP contribution in [-0.2, 0) is 0 Å². The maximum atomic E-state index is 13.4. The van der Waals surface area contributed by atoms with Crippen LogP contribution in [0.4, 0.5) is 35.1 Å².